The van der Waals surface area contributed by atoms with Gasteiger partial charge in [0.15, 0.2) is 6.23 Å². The maximum atomic E-state index is 12.1. The molecule has 5 atom stereocenters. The average Bonchev–Trinajstić information content (AvgIpc) is 2.84. The summed E-state index contributed by atoms with van der Waals surface area (Å²) in [5.41, 5.74) is -1.25. The number of nitrogens with zero attached hydrogens (tertiary/aromatic N) is 1. The summed E-state index contributed by atoms with van der Waals surface area (Å²) >= 11 is 0. The lowest BCUT2D eigenvalue weighted by molar-refractivity contribution is -0.0625. The molecule has 1 aliphatic rings. The Kier molecular flexibility index (Phi) is 5.56. The minimum Gasteiger partial charge on any atom is -0.394 e. The van der Waals surface area contributed by atoms with Gasteiger partial charge in [-0.1, -0.05) is 0 Å². The average molecular weight is 350 g/mol. The highest BCUT2D eigenvalue weighted by molar-refractivity contribution is 7.52. The lowest BCUT2D eigenvalue weighted by Gasteiger charge is -2.25. The quantitative estimate of drug-likeness (QED) is 0.644. The topological polar surface area (TPSA) is 129 Å². The molecular formula is C12H19N2O8P. The molecule has 0 spiro atoms. The van der Waals surface area contributed by atoms with Crippen molar-refractivity contribution in [2.24, 2.45) is 0 Å². The maximum absolute atomic E-state index is 12.1. The molecule has 1 aromatic heterocycles. The predicted octanol–water partition coefficient (Wildman–Crippen LogP) is -0.704. The van der Waals surface area contributed by atoms with Gasteiger partial charge in [-0.2, -0.15) is 0 Å². The molecule has 23 heavy (non-hydrogen) atoms. The Hall–Kier alpha value is -1.29. The summed E-state index contributed by atoms with van der Waals surface area (Å²) in [6.07, 6.45) is -2.38. The van der Waals surface area contributed by atoms with Crippen LogP contribution in [0.2, 0.25) is 0 Å². The number of aromatic amines is 1. The molecule has 0 saturated carbocycles. The number of aliphatic hydroxyl groups is 1. The van der Waals surface area contributed by atoms with E-state index in [2.05, 4.69) is 4.98 Å². The maximum Gasteiger partial charge on any atom is 0.330 e. The van der Waals surface area contributed by atoms with E-state index in [0.29, 0.717) is 0 Å². The fourth-order valence-electron chi connectivity index (χ4n) is 2.35. The number of aromatic nitrogens is 2. The molecular weight excluding hydrogens is 331 g/mol. The Morgan fingerprint density at radius 2 is 2.09 bits per heavy atom. The summed E-state index contributed by atoms with van der Waals surface area (Å²) in [4.78, 5) is 25.2. The number of nitrogens with one attached hydrogen (secondary N) is 1. The predicted molar refractivity (Wildman–Crippen MR) is 78.5 cm³/mol. The lowest BCUT2D eigenvalue weighted by atomic mass is 10.1. The molecule has 0 amide bonds. The first-order valence-corrected chi connectivity index (χ1v) is 8.74. The van der Waals surface area contributed by atoms with E-state index in [1.165, 1.54) is 27.1 Å². The van der Waals surface area contributed by atoms with Crippen molar-refractivity contribution in [3.63, 3.8) is 0 Å². The molecule has 11 heteroatoms. The molecule has 2 heterocycles. The first-order chi connectivity index (χ1) is 10.8. The minimum absolute atomic E-state index is 0.442. The summed E-state index contributed by atoms with van der Waals surface area (Å²) in [6.45, 7) is 0.830. The third kappa shape index (κ3) is 3.79. The number of aliphatic hydroxyl groups excluding tert-OH is 1. The van der Waals surface area contributed by atoms with Crippen LogP contribution < -0.4 is 11.2 Å². The number of ether oxygens (including phenoxy) is 2. The second kappa shape index (κ2) is 7.08. The van der Waals surface area contributed by atoms with Gasteiger partial charge in [0.05, 0.1) is 6.61 Å². The number of hydrogen-bond donors (Lipinski definition) is 2. The first kappa shape index (κ1) is 18.1. The summed E-state index contributed by atoms with van der Waals surface area (Å²) in [5, 5.41) is 9.46. The highest BCUT2D eigenvalue weighted by Gasteiger charge is 2.49. The second-order valence-electron chi connectivity index (χ2n) is 4.99. The van der Waals surface area contributed by atoms with Gasteiger partial charge in [-0.05, 0) is 0 Å². The van der Waals surface area contributed by atoms with Crippen molar-refractivity contribution in [3.05, 3.63) is 33.1 Å². The number of methoxy groups -OCH3 is 1. The van der Waals surface area contributed by atoms with Crippen LogP contribution in [0.25, 0.3) is 0 Å². The van der Waals surface area contributed by atoms with Crippen molar-refractivity contribution in [1.82, 2.24) is 9.55 Å². The van der Waals surface area contributed by atoms with Crippen LogP contribution in [0, 0.1) is 0 Å². The van der Waals surface area contributed by atoms with Gasteiger partial charge in [0, 0.05) is 33.1 Å². The molecule has 130 valence electrons. The van der Waals surface area contributed by atoms with Gasteiger partial charge < -0.3 is 19.1 Å². The van der Waals surface area contributed by atoms with Crippen LogP contribution >= 0.6 is 7.60 Å². The van der Waals surface area contributed by atoms with Gasteiger partial charge in [-0.3, -0.25) is 23.4 Å². The monoisotopic (exact) mass is 350 g/mol. The van der Waals surface area contributed by atoms with Crippen molar-refractivity contribution in [2.75, 3.05) is 27.5 Å². The Morgan fingerprint density at radius 3 is 2.61 bits per heavy atom. The third-order valence-electron chi connectivity index (χ3n) is 3.51. The van der Waals surface area contributed by atoms with E-state index in [1.54, 1.807) is 0 Å². The van der Waals surface area contributed by atoms with Crippen LogP contribution in [-0.2, 0) is 23.1 Å². The summed E-state index contributed by atoms with van der Waals surface area (Å²) < 4.78 is 34.3. The van der Waals surface area contributed by atoms with Crippen LogP contribution in [0.5, 0.6) is 0 Å². The number of H-pyrrole nitrogens is 1. The van der Waals surface area contributed by atoms with Crippen molar-refractivity contribution in [1.29, 1.82) is 0 Å². The van der Waals surface area contributed by atoms with E-state index in [0.717, 1.165) is 10.6 Å². The fourth-order valence-corrected chi connectivity index (χ4v) is 3.13. The molecule has 2 N–H and O–H groups in total. The van der Waals surface area contributed by atoms with Crippen molar-refractivity contribution in [2.45, 2.75) is 24.5 Å². The minimum atomic E-state index is -3.38. The first-order valence-electron chi connectivity index (χ1n) is 6.75. The highest BCUT2D eigenvalue weighted by atomic mass is 31.2. The zero-order valence-corrected chi connectivity index (χ0v) is 13.8. The van der Waals surface area contributed by atoms with E-state index in [-0.39, 0.29) is 0 Å². The van der Waals surface area contributed by atoms with Gasteiger partial charge >= 0.3 is 13.3 Å². The van der Waals surface area contributed by atoms with Crippen LogP contribution in [0.15, 0.2) is 21.9 Å². The van der Waals surface area contributed by atoms with Gasteiger partial charge in [0.25, 0.3) is 5.56 Å². The van der Waals surface area contributed by atoms with Gasteiger partial charge in [-0.15, -0.1) is 0 Å². The molecule has 0 radical (unpaired) electrons. The van der Waals surface area contributed by atoms with Gasteiger partial charge in [0.1, 0.15) is 18.3 Å². The van der Waals surface area contributed by atoms with Crippen molar-refractivity contribution < 1.29 is 28.2 Å². The molecule has 10 nitrogen and oxygen atoms in total. The standard InChI is InChI=1S/C12H19N2O8P/c1-19-10-9(22-23(3,18)20-2)7(6-15)21-11(10)14-5-4-8(16)13-12(14)17/h4-5,7,9-11,15H,6H2,1-3H3,(H,13,16,17)/t7-,9+,10?,11-,23?/m1/s1. The smallest absolute Gasteiger partial charge is 0.330 e. The molecule has 1 aliphatic heterocycles. The van der Waals surface area contributed by atoms with Crippen LogP contribution in [0.4, 0.5) is 0 Å². The third-order valence-corrected chi connectivity index (χ3v) is 4.80. The molecule has 2 rings (SSSR count). The highest BCUT2D eigenvalue weighted by Crippen LogP contribution is 2.48. The molecule has 0 bridgehead atoms. The molecule has 0 aromatic carbocycles. The van der Waals surface area contributed by atoms with Gasteiger partial charge in [0.2, 0.25) is 0 Å². The zero-order chi connectivity index (χ0) is 17.2. The van der Waals surface area contributed by atoms with E-state index in [4.69, 9.17) is 18.5 Å². The molecule has 1 fully saturated rings. The number of rotatable bonds is 6. The van der Waals surface area contributed by atoms with Crippen LogP contribution in [0.3, 0.4) is 0 Å². The molecule has 2 unspecified atom stereocenters. The van der Waals surface area contributed by atoms with Crippen molar-refractivity contribution in [3.8, 4) is 0 Å². The van der Waals surface area contributed by atoms with Crippen molar-refractivity contribution >= 4 is 7.60 Å². The molecule has 0 aliphatic carbocycles. The second-order valence-corrected chi connectivity index (χ2v) is 7.11. The Balaban J connectivity index is 2.37. The summed E-state index contributed by atoms with van der Waals surface area (Å²) in [6, 6.07) is 1.15. The normalized spacial score (nSPS) is 30.3. The van der Waals surface area contributed by atoms with E-state index >= 15 is 0 Å². The summed E-state index contributed by atoms with van der Waals surface area (Å²) in [7, 11) is -0.783. The Labute approximate surface area is 131 Å². The molecule has 1 saturated heterocycles. The van der Waals surface area contributed by atoms with Crippen LogP contribution in [-0.4, -0.2) is 60.5 Å². The number of hydrogen-bond acceptors (Lipinski definition) is 8. The Bertz CT molecular complexity index is 701. The largest absolute Gasteiger partial charge is 0.394 e. The lowest BCUT2D eigenvalue weighted by Crippen LogP contribution is -2.39. The SMILES string of the molecule is COC1[C@@H](OP(C)(=O)OC)[C@@H](CO)O[C@H]1n1ccc(=O)[nH]c1=O. The summed E-state index contributed by atoms with van der Waals surface area (Å²) in [5.74, 6) is 0. The Morgan fingerprint density at radius 1 is 1.39 bits per heavy atom. The molecule has 1 aromatic rings. The zero-order valence-electron chi connectivity index (χ0n) is 12.9. The fraction of sp³-hybridized carbons (Fsp3) is 0.667. The van der Waals surface area contributed by atoms with E-state index in [9.17, 15) is 19.3 Å². The van der Waals surface area contributed by atoms with E-state index < -0.39 is 50.0 Å². The van der Waals surface area contributed by atoms with Crippen LogP contribution in [0.1, 0.15) is 6.23 Å². The van der Waals surface area contributed by atoms with E-state index in [1.807, 2.05) is 0 Å². The van der Waals surface area contributed by atoms with Gasteiger partial charge in [-0.25, -0.2) is 4.79 Å².